The van der Waals surface area contributed by atoms with Crippen LogP contribution in [0.5, 0.6) is 0 Å². The van der Waals surface area contributed by atoms with E-state index < -0.39 is 10.0 Å². The number of likely N-dealkylation sites (tertiary alicyclic amines) is 1. The highest BCUT2D eigenvalue weighted by molar-refractivity contribution is 7.89. The molecule has 0 saturated carbocycles. The highest BCUT2D eigenvalue weighted by atomic mass is 32.2. The van der Waals surface area contributed by atoms with Crippen molar-refractivity contribution in [1.29, 1.82) is 0 Å². The molecule has 0 aromatic heterocycles. The van der Waals surface area contributed by atoms with Crippen LogP contribution in [0.2, 0.25) is 0 Å². The summed E-state index contributed by atoms with van der Waals surface area (Å²) < 4.78 is 26.9. The van der Waals surface area contributed by atoms with Gasteiger partial charge in [0.05, 0.1) is 11.5 Å². The lowest BCUT2D eigenvalue weighted by molar-refractivity contribution is 0.270. The van der Waals surface area contributed by atoms with E-state index in [1.807, 2.05) is 7.05 Å². The number of hydrogen-bond donors (Lipinski definition) is 1. The van der Waals surface area contributed by atoms with Crippen LogP contribution >= 0.6 is 0 Å². The first kappa shape index (κ1) is 16.4. The summed E-state index contributed by atoms with van der Waals surface area (Å²) in [5, 5.41) is 9.30. The lowest BCUT2D eigenvalue weighted by atomic mass is 10.1. The van der Waals surface area contributed by atoms with Crippen molar-refractivity contribution in [3.05, 3.63) is 29.3 Å². The van der Waals surface area contributed by atoms with Gasteiger partial charge in [0, 0.05) is 19.6 Å². The molecule has 0 spiro atoms. The molecule has 1 aromatic rings. The molecule has 1 aliphatic heterocycles. The van der Waals surface area contributed by atoms with Gasteiger partial charge in [-0.2, -0.15) is 4.31 Å². The van der Waals surface area contributed by atoms with Crippen LogP contribution in [-0.2, 0) is 16.6 Å². The molecule has 1 atom stereocenters. The average Bonchev–Trinajstić information content (AvgIpc) is 2.84. The number of likely N-dealkylation sites (N-methyl/N-ethyl adjacent to an activating group) is 2. The fourth-order valence-electron chi connectivity index (χ4n) is 2.88. The molecular formula is C15H24N2O3S. The Labute approximate surface area is 127 Å². The van der Waals surface area contributed by atoms with Gasteiger partial charge < -0.3 is 10.0 Å². The van der Waals surface area contributed by atoms with Crippen molar-refractivity contribution >= 4 is 10.0 Å². The van der Waals surface area contributed by atoms with Gasteiger partial charge in [-0.1, -0.05) is 12.1 Å². The molecule has 1 heterocycles. The maximum atomic E-state index is 12.7. The number of benzene rings is 1. The molecule has 1 aromatic carbocycles. The molecule has 21 heavy (non-hydrogen) atoms. The van der Waals surface area contributed by atoms with Crippen LogP contribution in [0.1, 0.15) is 24.0 Å². The fourth-order valence-corrected chi connectivity index (χ4v) is 4.36. The number of aliphatic hydroxyl groups excluding tert-OH is 1. The molecule has 0 aliphatic carbocycles. The van der Waals surface area contributed by atoms with E-state index in [1.54, 1.807) is 32.2 Å². The standard InChI is InChI=1S/C15H24N2O3S/c1-12-13(11-18)6-4-8-15(12)21(19,20)17(3)10-14-7-5-9-16(14)2/h4,6,8,14,18H,5,7,9-11H2,1-3H3. The van der Waals surface area contributed by atoms with E-state index in [0.29, 0.717) is 17.7 Å². The van der Waals surface area contributed by atoms with Gasteiger partial charge in [-0.25, -0.2) is 8.42 Å². The molecule has 2 rings (SSSR count). The number of hydrogen-bond acceptors (Lipinski definition) is 4. The third kappa shape index (κ3) is 3.29. The summed E-state index contributed by atoms with van der Waals surface area (Å²) in [4.78, 5) is 2.50. The average molecular weight is 312 g/mol. The molecule has 118 valence electrons. The van der Waals surface area contributed by atoms with Crippen molar-refractivity contribution < 1.29 is 13.5 Å². The second-order valence-electron chi connectivity index (χ2n) is 5.76. The lowest BCUT2D eigenvalue weighted by Crippen LogP contribution is -2.39. The highest BCUT2D eigenvalue weighted by Gasteiger charge is 2.29. The summed E-state index contributed by atoms with van der Waals surface area (Å²) in [6.07, 6.45) is 2.15. The molecule has 6 heteroatoms. The van der Waals surface area contributed by atoms with Crippen molar-refractivity contribution in [2.24, 2.45) is 0 Å². The Morgan fingerprint density at radius 2 is 2.14 bits per heavy atom. The Balaban J connectivity index is 2.25. The molecule has 1 unspecified atom stereocenters. The summed E-state index contributed by atoms with van der Waals surface area (Å²) >= 11 is 0. The van der Waals surface area contributed by atoms with Crippen LogP contribution in [0.25, 0.3) is 0 Å². The van der Waals surface area contributed by atoms with Crippen LogP contribution in [0, 0.1) is 6.92 Å². The molecule has 1 N–H and O–H groups in total. The monoisotopic (exact) mass is 312 g/mol. The first-order chi connectivity index (χ1) is 9.87. The second-order valence-corrected chi connectivity index (χ2v) is 7.77. The molecule has 5 nitrogen and oxygen atoms in total. The number of aliphatic hydroxyl groups is 1. The van der Waals surface area contributed by atoms with Gasteiger partial charge >= 0.3 is 0 Å². The van der Waals surface area contributed by atoms with Gasteiger partial charge in [-0.3, -0.25) is 0 Å². The minimum absolute atomic E-state index is 0.149. The van der Waals surface area contributed by atoms with Crippen LogP contribution in [0.15, 0.2) is 23.1 Å². The molecule has 0 amide bonds. The van der Waals surface area contributed by atoms with E-state index in [9.17, 15) is 13.5 Å². The third-order valence-electron chi connectivity index (χ3n) is 4.39. The molecule has 1 saturated heterocycles. The first-order valence-electron chi connectivity index (χ1n) is 7.24. The van der Waals surface area contributed by atoms with Gasteiger partial charge in [-0.05, 0) is 50.6 Å². The van der Waals surface area contributed by atoms with E-state index in [4.69, 9.17) is 0 Å². The smallest absolute Gasteiger partial charge is 0.243 e. The first-order valence-corrected chi connectivity index (χ1v) is 8.68. The quantitative estimate of drug-likeness (QED) is 0.887. The maximum Gasteiger partial charge on any atom is 0.243 e. The molecule has 0 radical (unpaired) electrons. The van der Waals surface area contributed by atoms with E-state index in [-0.39, 0.29) is 17.5 Å². The van der Waals surface area contributed by atoms with Gasteiger partial charge in [0.15, 0.2) is 0 Å². The fraction of sp³-hybridized carbons (Fsp3) is 0.600. The van der Waals surface area contributed by atoms with Crippen LogP contribution in [0.3, 0.4) is 0 Å². The predicted octanol–water partition coefficient (Wildman–Crippen LogP) is 1.20. The van der Waals surface area contributed by atoms with Crippen LogP contribution < -0.4 is 0 Å². The predicted molar refractivity (Wildman–Crippen MR) is 82.6 cm³/mol. The Bertz CT molecular complexity index is 601. The minimum atomic E-state index is -3.52. The molecule has 1 aliphatic rings. The van der Waals surface area contributed by atoms with Crippen molar-refractivity contribution in [3.8, 4) is 0 Å². The van der Waals surface area contributed by atoms with E-state index in [1.165, 1.54) is 4.31 Å². The summed E-state index contributed by atoms with van der Waals surface area (Å²) in [5.74, 6) is 0. The number of rotatable bonds is 5. The normalized spacial score (nSPS) is 20.3. The summed E-state index contributed by atoms with van der Waals surface area (Å²) in [5.41, 5.74) is 1.29. The van der Waals surface area contributed by atoms with Gasteiger partial charge in [0.2, 0.25) is 10.0 Å². The molecular weight excluding hydrogens is 288 g/mol. The summed E-state index contributed by atoms with van der Waals surface area (Å²) in [6, 6.07) is 5.32. The Hall–Kier alpha value is -0.950. The van der Waals surface area contributed by atoms with Crippen LogP contribution in [-0.4, -0.2) is 56.0 Å². The van der Waals surface area contributed by atoms with Gasteiger partial charge in [0.1, 0.15) is 0 Å². The third-order valence-corrected chi connectivity index (χ3v) is 6.36. The van der Waals surface area contributed by atoms with Gasteiger partial charge in [-0.15, -0.1) is 0 Å². The zero-order valence-corrected chi connectivity index (χ0v) is 13.7. The summed E-state index contributed by atoms with van der Waals surface area (Å²) in [6.45, 7) is 3.12. The Morgan fingerprint density at radius 3 is 2.71 bits per heavy atom. The maximum absolute atomic E-state index is 12.7. The lowest BCUT2D eigenvalue weighted by Gasteiger charge is -2.26. The zero-order chi connectivity index (χ0) is 15.6. The molecule has 1 fully saturated rings. The van der Waals surface area contributed by atoms with E-state index in [2.05, 4.69) is 4.90 Å². The van der Waals surface area contributed by atoms with Crippen molar-refractivity contribution in [2.45, 2.75) is 37.3 Å². The minimum Gasteiger partial charge on any atom is -0.392 e. The van der Waals surface area contributed by atoms with Gasteiger partial charge in [0.25, 0.3) is 0 Å². The topological polar surface area (TPSA) is 60.9 Å². The van der Waals surface area contributed by atoms with E-state index in [0.717, 1.165) is 19.4 Å². The SMILES string of the molecule is Cc1c(CO)cccc1S(=O)(=O)N(C)CC1CCCN1C. The number of nitrogens with zero attached hydrogens (tertiary/aromatic N) is 2. The zero-order valence-electron chi connectivity index (χ0n) is 12.9. The van der Waals surface area contributed by atoms with Crippen LogP contribution in [0.4, 0.5) is 0 Å². The second kappa shape index (κ2) is 6.44. The van der Waals surface area contributed by atoms with Crippen molar-refractivity contribution in [2.75, 3.05) is 27.2 Å². The Kier molecular flexibility index (Phi) is 5.03. The number of sulfonamides is 1. The van der Waals surface area contributed by atoms with Crippen molar-refractivity contribution in [3.63, 3.8) is 0 Å². The Morgan fingerprint density at radius 1 is 1.43 bits per heavy atom. The highest BCUT2D eigenvalue weighted by Crippen LogP contribution is 2.24. The van der Waals surface area contributed by atoms with Crippen molar-refractivity contribution in [1.82, 2.24) is 9.21 Å². The van der Waals surface area contributed by atoms with E-state index >= 15 is 0 Å². The largest absolute Gasteiger partial charge is 0.392 e. The molecule has 0 bridgehead atoms. The summed E-state index contributed by atoms with van der Waals surface area (Å²) in [7, 11) is 0.151.